The highest BCUT2D eigenvalue weighted by Crippen LogP contribution is 2.32. The number of nitrogens with two attached hydrogens (primary N) is 2. The van der Waals surface area contributed by atoms with E-state index in [0.717, 1.165) is 40.5 Å². The molecule has 0 fully saturated rings. The van der Waals surface area contributed by atoms with Crippen molar-refractivity contribution in [1.29, 1.82) is 0 Å². The first-order chi connectivity index (χ1) is 16.4. The van der Waals surface area contributed by atoms with E-state index in [4.69, 9.17) is 11.5 Å². The van der Waals surface area contributed by atoms with Gasteiger partial charge in [0.15, 0.2) is 0 Å². The Hall–Kier alpha value is -2.72. The van der Waals surface area contributed by atoms with Crippen molar-refractivity contribution in [2.24, 2.45) is 16.5 Å². The molecule has 8 heteroatoms. The van der Waals surface area contributed by atoms with Gasteiger partial charge in [-0.3, -0.25) is 9.59 Å². The zero-order valence-corrected chi connectivity index (χ0v) is 21.5. The average molecular weight is 571 g/mol. The van der Waals surface area contributed by atoms with Gasteiger partial charge in [0, 0.05) is 52.4 Å². The lowest BCUT2D eigenvalue weighted by Crippen LogP contribution is -2.35. The maximum absolute atomic E-state index is 13.1. The molecule has 1 atom stereocenters. The summed E-state index contributed by atoms with van der Waals surface area (Å²) in [5.41, 5.74) is 17.8. The molecule has 0 aromatic heterocycles. The molecule has 4 rings (SSSR count). The SMILES string of the molecule is CCCN(CCI)C(=O)C1=Cc2ccc(C(=O)Nc3ccc4c(c3)C(N)CC4)cc2N=C(N)C1. The number of fused-ring (bicyclic) bond motifs is 2. The fraction of sp³-hybridized carbons (Fsp3) is 0.346. The maximum atomic E-state index is 13.1. The smallest absolute Gasteiger partial charge is 0.255 e. The Kier molecular flexibility index (Phi) is 7.67. The van der Waals surface area contributed by atoms with E-state index in [9.17, 15) is 9.59 Å². The van der Waals surface area contributed by atoms with Crippen LogP contribution in [0.15, 0.2) is 47.0 Å². The van der Waals surface area contributed by atoms with Crippen LogP contribution in [0.25, 0.3) is 6.08 Å². The number of halogens is 1. The molecule has 0 saturated carbocycles. The van der Waals surface area contributed by atoms with Crippen molar-refractivity contribution in [3.8, 4) is 0 Å². The summed E-state index contributed by atoms with van der Waals surface area (Å²) < 4.78 is 0.867. The van der Waals surface area contributed by atoms with Gasteiger partial charge in [-0.25, -0.2) is 4.99 Å². The lowest BCUT2D eigenvalue weighted by Gasteiger charge is -2.22. The molecule has 0 radical (unpaired) electrons. The first kappa shape index (κ1) is 24.4. The number of amidine groups is 1. The Morgan fingerprint density at radius 2 is 2.03 bits per heavy atom. The molecule has 2 aliphatic rings. The fourth-order valence-corrected chi connectivity index (χ4v) is 5.06. The second-order valence-corrected chi connectivity index (χ2v) is 9.80. The second-order valence-electron chi connectivity index (χ2n) is 8.72. The number of rotatable bonds is 7. The largest absolute Gasteiger partial charge is 0.387 e. The van der Waals surface area contributed by atoms with Crippen LogP contribution in [0.3, 0.4) is 0 Å². The topological polar surface area (TPSA) is 114 Å². The molecule has 1 aliphatic heterocycles. The number of carbonyl (C=O) groups excluding carboxylic acids is 2. The van der Waals surface area contributed by atoms with E-state index in [1.807, 2.05) is 35.2 Å². The van der Waals surface area contributed by atoms with Crippen LogP contribution in [0, 0.1) is 0 Å². The Balaban J connectivity index is 1.57. The summed E-state index contributed by atoms with van der Waals surface area (Å²) in [4.78, 5) is 32.5. The van der Waals surface area contributed by atoms with Gasteiger partial charge in [0.25, 0.3) is 5.91 Å². The van der Waals surface area contributed by atoms with Gasteiger partial charge in [0.1, 0.15) is 5.84 Å². The van der Waals surface area contributed by atoms with Gasteiger partial charge in [-0.15, -0.1) is 0 Å². The van der Waals surface area contributed by atoms with Crippen LogP contribution in [-0.4, -0.2) is 40.1 Å². The average Bonchev–Trinajstić information content (AvgIpc) is 3.09. The predicted octanol–water partition coefficient (Wildman–Crippen LogP) is 4.33. The van der Waals surface area contributed by atoms with E-state index in [2.05, 4.69) is 39.8 Å². The van der Waals surface area contributed by atoms with Crippen molar-refractivity contribution in [1.82, 2.24) is 4.90 Å². The summed E-state index contributed by atoms with van der Waals surface area (Å²) in [5, 5.41) is 2.96. The molecule has 1 heterocycles. The minimum atomic E-state index is -0.233. The van der Waals surface area contributed by atoms with E-state index >= 15 is 0 Å². The van der Waals surface area contributed by atoms with Crippen molar-refractivity contribution in [2.45, 2.75) is 38.6 Å². The predicted molar refractivity (Wildman–Crippen MR) is 146 cm³/mol. The van der Waals surface area contributed by atoms with Gasteiger partial charge in [0.05, 0.1) is 5.69 Å². The van der Waals surface area contributed by atoms with Crippen molar-refractivity contribution >= 4 is 57.7 Å². The number of benzene rings is 2. The quantitative estimate of drug-likeness (QED) is 0.339. The second kappa shape index (κ2) is 10.7. The number of anilines is 1. The van der Waals surface area contributed by atoms with Gasteiger partial charge in [-0.2, -0.15) is 0 Å². The number of aryl methyl sites for hydroxylation is 1. The van der Waals surface area contributed by atoms with E-state index in [0.29, 0.717) is 35.7 Å². The zero-order valence-electron chi connectivity index (χ0n) is 19.3. The Morgan fingerprint density at radius 1 is 1.21 bits per heavy atom. The lowest BCUT2D eigenvalue weighted by molar-refractivity contribution is -0.126. The third-order valence-corrected chi connectivity index (χ3v) is 6.68. The van der Waals surface area contributed by atoms with Crippen LogP contribution in [0.4, 0.5) is 11.4 Å². The molecule has 1 aliphatic carbocycles. The molecule has 2 amide bonds. The number of nitrogens with zero attached hydrogens (tertiary/aromatic N) is 2. The number of aliphatic imine (C=N–C) groups is 1. The van der Waals surface area contributed by atoms with E-state index in [-0.39, 0.29) is 24.3 Å². The summed E-state index contributed by atoms with van der Waals surface area (Å²) >= 11 is 2.28. The maximum Gasteiger partial charge on any atom is 0.255 e. The molecular formula is C26H30IN5O2. The minimum absolute atomic E-state index is 0.0128. The summed E-state index contributed by atoms with van der Waals surface area (Å²) in [7, 11) is 0. The molecule has 0 spiro atoms. The number of hydrogen-bond acceptors (Lipinski definition) is 5. The van der Waals surface area contributed by atoms with Gasteiger partial charge < -0.3 is 21.7 Å². The van der Waals surface area contributed by atoms with E-state index < -0.39 is 0 Å². The van der Waals surface area contributed by atoms with Gasteiger partial charge in [-0.05, 0) is 60.7 Å². The number of carbonyl (C=O) groups is 2. The Morgan fingerprint density at radius 3 is 2.79 bits per heavy atom. The standard InChI is InChI=1S/C26H30IN5O2/c1-2-10-32(11-9-27)26(34)19-12-17-3-4-18(13-23(17)31-24(29)14-19)25(33)30-20-7-5-16-6-8-22(28)21(16)15-20/h3-5,7,12-13,15,22H,2,6,8-11,14,28H2,1H3,(H2,29,31)(H,30,33). The highest BCUT2D eigenvalue weighted by molar-refractivity contribution is 14.1. The lowest BCUT2D eigenvalue weighted by atomic mass is 10.0. The van der Waals surface area contributed by atoms with Crippen LogP contribution in [-0.2, 0) is 11.2 Å². The molecular weight excluding hydrogens is 541 g/mol. The van der Waals surface area contributed by atoms with Crippen LogP contribution >= 0.6 is 22.6 Å². The normalized spacial score (nSPS) is 16.6. The third-order valence-electron chi connectivity index (χ3n) is 6.20. The third kappa shape index (κ3) is 5.33. The monoisotopic (exact) mass is 571 g/mol. The molecule has 2 aromatic carbocycles. The van der Waals surface area contributed by atoms with Gasteiger partial charge in [-0.1, -0.05) is 41.6 Å². The van der Waals surface area contributed by atoms with Crippen LogP contribution in [0.5, 0.6) is 0 Å². The molecule has 1 unspecified atom stereocenters. The number of hydrogen-bond donors (Lipinski definition) is 3. The molecule has 2 aromatic rings. The molecule has 7 nitrogen and oxygen atoms in total. The summed E-state index contributed by atoms with van der Waals surface area (Å²) in [5.74, 6) is 0.111. The van der Waals surface area contributed by atoms with Gasteiger partial charge in [0.2, 0.25) is 5.91 Å². The fourth-order valence-electron chi connectivity index (χ4n) is 4.47. The Bertz CT molecular complexity index is 1170. The summed E-state index contributed by atoms with van der Waals surface area (Å²) in [6.45, 7) is 3.46. The highest BCUT2D eigenvalue weighted by atomic mass is 127. The van der Waals surface area contributed by atoms with E-state index in [1.165, 1.54) is 5.56 Å². The molecule has 178 valence electrons. The first-order valence-electron chi connectivity index (χ1n) is 11.6. The molecule has 5 N–H and O–H groups in total. The van der Waals surface area contributed by atoms with E-state index in [1.54, 1.807) is 12.1 Å². The highest BCUT2D eigenvalue weighted by Gasteiger charge is 2.22. The number of nitrogens with one attached hydrogen (secondary N) is 1. The van der Waals surface area contributed by atoms with Crippen molar-refractivity contribution in [2.75, 3.05) is 22.8 Å². The van der Waals surface area contributed by atoms with Crippen molar-refractivity contribution in [3.05, 3.63) is 64.2 Å². The first-order valence-corrected chi connectivity index (χ1v) is 13.1. The molecule has 0 bridgehead atoms. The van der Waals surface area contributed by atoms with Crippen molar-refractivity contribution in [3.63, 3.8) is 0 Å². The van der Waals surface area contributed by atoms with Crippen LogP contribution < -0.4 is 16.8 Å². The molecule has 0 saturated heterocycles. The van der Waals surface area contributed by atoms with Gasteiger partial charge >= 0.3 is 0 Å². The van der Waals surface area contributed by atoms with Crippen LogP contribution in [0.1, 0.15) is 59.3 Å². The number of amides is 2. The summed E-state index contributed by atoms with van der Waals surface area (Å²) in [6, 6.07) is 11.2. The minimum Gasteiger partial charge on any atom is -0.387 e. The zero-order chi connectivity index (χ0) is 24.2. The van der Waals surface area contributed by atoms with Crippen molar-refractivity contribution < 1.29 is 9.59 Å². The van der Waals surface area contributed by atoms with Crippen LogP contribution in [0.2, 0.25) is 0 Å². The molecule has 34 heavy (non-hydrogen) atoms. The summed E-state index contributed by atoms with van der Waals surface area (Å²) in [6.07, 6.45) is 4.93. The Labute approximate surface area is 213 Å². The number of alkyl halides is 1.